The van der Waals surface area contributed by atoms with E-state index in [0.717, 1.165) is 10.9 Å². The molecule has 7 nitrogen and oxygen atoms in total. The molecule has 1 amide bonds. The third-order valence-corrected chi connectivity index (χ3v) is 5.38. The van der Waals surface area contributed by atoms with E-state index < -0.39 is 12.0 Å². The highest BCUT2D eigenvalue weighted by molar-refractivity contribution is 6.04. The molecule has 2 aromatic heterocycles. The number of rotatable bonds is 2. The minimum atomic E-state index is -4.64. The van der Waals surface area contributed by atoms with E-state index in [1.54, 1.807) is 28.0 Å². The maximum Gasteiger partial charge on any atom is 0.451 e. The second-order valence-electron chi connectivity index (χ2n) is 7.28. The number of amides is 1. The molecule has 2 aromatic carbocycles. The lowest BCUT2D eigenvalue weighted by Gasteiger charge is -2.35. The molecule has 3 heterocycles. The number of piperazine rings is 1. The van der Waals surface area contributed by atoms with Crippen molar-refractivity contribution in [3.05, 3.63) is 60.0 Å². The fourth-order valence-corrected chi connectivity index (χ4v) is 3.83. The number of carbonyl (C=O) groups excluding carboxylic acids is 1. The van der Waals surface area contributed by atoms with Gasteiger partial charge >= 0.3 is 6.18 Å². The summed E-state index contributed by atoms with van der Waals surface area (Å²) in [6, 6.07) is 14.0. The van der Waals surface area contributed by atoms with Crippen LogP contribution in [0.2, 0.25) is 0 Å². The minimum Gasteiger partial charge on any atom is -0.352 e. The van der Waals surface area contributed by atoms with Gasteiger partial charge in [-0.2, -0.15) is 18.3 Å². The number of benzene rings is 2. The van der Waals surface area contributed by atoms with Crippen molar-refractivity contribution in [2.45, 2.75) is 6.18 Å². The third-order valence-electron chi connectivity index (χ3n) is 5.38. The van der Waals surface area contributed by atoms with Crippen molar-refractivity contribution >= 4 is 33.5 Å². The standard InChI is InChI=1S/C21H17F3N6O/c22-21(23,24)20-25-15-7-3-2-6-14(15)18(26-20)29-9-11-30(12-10-29)19(31)17-13-5-1-4-8-16(13)27-28-17/h1-8H,9-12H2,(H,27,28). The Morgan fingerprint density at radius 1 is 0.903 bits per heavy atom. The van der Waals surface area contributed by atoms with Gasteiger partial charge in [0.2, 0.25) is 5.82 Å². The molecule has 1 aliphatic rings. The molecule has 5 rings (SSSR count). The van der Waals surface area contributed by atoms with Crippen LogP contribution in [-0.2, 0) is 6.18 Å². The number of carbonyl (C=O) groups is 1. The van der Waals surface area contributed by atoms with Gasteiger partial charge in [-0.1, -0.05) is 30.3 Å². The molecule has 1 fully saturated rings. The van der Waals surface area contributed by atoms with Gasteiger partial charge in [0.05, 0.1) is 11.0 Å². The summed E-state index contributed by atoms with van der Waals surface area (Å²) >= 11 is 0. The summed E-state index contributed by atoms with van der Waals surface area (Å²) in [6.45, 7) is 1.40. The first-order valence-corrected chi connectivity index (χ1v) is 9.73. The number of nitrogens with one attached hydrogen (secondary N) is 1. The Balaban J connectivity index is 1.40. The number of aromatic amines is 1. The van der Waals surface area contributed by atoms with E-state index in [4.69, 9.17) is 0 Å². The molecule has 0 bridgehead atoms. The van der Waals surface area contributed by atoms with Crippen molar-refractivity contribution in [1.82, 2.24) is 25.1 Å². The number of aromatic nitrogens is 4. The molecule has 1 N–H and O–H groups in total. The topological polar surface area (TPSA) is 78.0 Å². The van der Waals surface area contributed by atoms with Gasteiger partial charge in [-0.3, -0.25) is 9.89 Å². The van der Waals surface area contributed by atoms with Gasteiger partial charge in [0.15, 0.2) is 5.69 Å². The number of H-pyrrole nitrogens is 1. The van der Waals surface area contributed by atoms with E-state index in [1.165, 1.54) is 6.07 Å². The van der Waals surface area contributed by atoms with E-state index >= 15 is 0 Å². The number of nitrogens with zero attached hydrogens (tertiary/aromatic N) is 5. The SMILES string of the molecule is O=C(c1n[nH]c2ccccc12)N1CCN(c2nc(C(F)(F)F)nc3ccccc23)CC1. The Hall–Kier alpha value is -3.69. The molecule has 1 aliphatic heterocycles. The zero-order chi connectivity index (χ0) is 21.6. The van der Waals surface area contributed by atoms with Crippen LogP contribution in [0.25, 0.3) is 21.8 Å². The quantitative estimate of drug-likeness (QED) is 0.531. The number of hydrogen-bond donors (Lipinski definition) is 1. The van der Waals surface area contributed by atoms with Crippen LogP contribution in [0.3, 0.4) is 0 Å². The van der Waals surface area contributed by atoms with Crippen LogP contribution in [0.15, 0.2) is 48.5 Å². The highest BCUT2D eigenvalue weighted by Crippen LogP contribution is 2.32. The molecule has 0 radical (unpaired) electrons. The van der Waals surface area contributed by atoms with Crippen molar-refractivity contribution in [1.29, 1.82) is 0 Å². The second-order valence-corrected chi connectivity index (χ2v) is 7.28. The molecule has 0 unspecified atom stereocenters. The van der Waals surface area contributed by atoms with Crippen LogP contribution in [0.1, 0.15) is 16.3 Å². The zero-order valence-electron chi connectivity index (χ0n) is 16.2. The van der Waals surface area contributed by atoms with Crippen LogP contribution in [0.4, 0.5) is 19.0 Å². The smallest absolute Gasteiger partial charge is 0.352 e. The largest absolute Gasteiger partial charge is 0.451 e. The average molecular weight is 426 g/mol. The van der Waals surface area contributed by atoms with Crippen molar-refractivity contribution in [2.75, 3.05) is 31.1 Å². The lowest BCUT2D eigenvalue weighted by Crippen LogP contribution is -2.49. The summed E-state index contributed by atoms with van der Waals surface area (Å²) in [6.07, 6.45) is -4.64. The highest BCUT2D eigenvalue weighted by Gasteiger charge is 2.36. The molecule has 158 valence electrons. The number of halogens is 3. The first-order valence-electron chi connectivity index (χ1n) is 9.73. The number of para-hydroxylation sites is 2. The Morgan fingerprint density at radius 3 is 2.32 bits per heavy atom. The lowest BCUT2D eigenvalue weighted by molar-refractivity contribution is -0.144. The number of anilines is 1. The molecule has 31 heavy (non-hydrogen) atoms. The zero-order valence-corrected chi connectivity index (χ0v) is 16.2. The summed E-state index contributed by atoms with van der Waals surface area (Å²) < 4.78 is 39.9. The van der Waals surface area contributed by atoms with Crippen LogP contribution in [-0.4, -0.2) is 57.2 Å². The number of hydrogen-bond acceptors (Lipinski definition) is 5. The van der Waals surface area contributed by atoms with E-state index in [0.29, 0.717) is 37.3 Å². The lowest BCUT2D eigenvalue weighted by atomic mass is 10.1. The first-order chi connectivity index (χ1) is 14.9. The predicted molar refractivity (Wildman–Crippen MR) is 109 cm³/mol. The van der Waals surface area contributed by atoms with E-state index in [-0.39, 0.29) is 17.2 Å². The van der Waals surface area contributed by atoms with Crippen molar-refractivity contribution in [2.24, 2.45) is 0 Å². The summed E-state index contributed by atoms with van der Waals surface area (Å²) in [5, 5.41) is 8.30. The van der Waals surface area contributed by atoms with Crippen LogP contribution in [0.5, 0.6) is 0 Å². The van der Waals surface area contributed by atoms with Crippen molar-refractivity contribution in [3.8, 4) is 0 Å². The monoisotopic (exact) mass is 426 g/mol. The fourth-order valence-electron chi connectivity index (χ4n) is 3.83. The van der Waals surface area contributed by atoms with Crippen LogP contribution < -0.4 is 4.90 Å². The number of fused-ring (bicyclic) bond motifs is 2. The van der Waals surface area contributed by atoms with Gasteiger partial charge in [-0.25, -0.2) is 9.97 Å². The first kappa shape index (κ1) is 19.3. The molecule has 0 aliphatic carbocycles. The Morgan fingerprint density at radius 2 is 1.58 bits per heavy atom. The van der Waals surface area contributed by atoms with Gasteiger partial charge in [-0.15, -0.1) is 0 Å². The van der Waals surface area contributed by atoms with Crippen molar-refractivity contribution in [3.63, 3.8) is 0 Å². The minimum absolute atomic E-state index is 0.208. The fraction of sp³-hybridized carbons (Fsp3) is 0.238. The van der Waals surface area contributed by atoms with Gasteiger partial charge in [-0.05, 0) is 18.2 Å². The summed E-state index contributed by atoms with van der Waals surface area (Å²) in [5.74, 6) is -1.14. The highest BCUT2D eigenvalue weighted by atomic mass is 19.4. The Kier molecular flexibility index (Phi) is 4.49. The Bertz CT molecular complexity index is 1280. The van der Waals surface area contributed by atoms with Gasteiger partial charge in [0, 0.05) is 37.0 Å². The molecule has 0 atom stereocenters. The predicted octanol–water partition coefficient (Wildman–Crippen LogP) is 3.49. The Labute approximate surface area is 174 Å². The van der Waals surface area contributed by atoms with Crippen LogP contribution >= 0.6 is 0 Å². The second kappa shape index (κ2) is 7.22. The molecular weight excluding hydrogens is 409 g/mol. The molecule has 1 saturated heterocycles. The van der Waals surface area contributed by atoms with Crippen molar-refractivity contribution < 1.29 is 18.0 Å². The van der Waals surface area contributed by atoms with Gasteiger partial charge in [0.25, 0.3) is 5.91 Å². The third kappa shape index (κ3) is 3.43. The van der Waals surface area contributed by atoms with Crippen LogP contribution in [0, 0.1) is 0 Å². The molecule has 10 heteroatoms. The maximum absolute atomic E-state index is 13.3. The van der Waals surface area contributed by atoms with Gasteiger partial charge in [0.1, 0.15) is 5.82 Å². The number of alkyl halides is 3. The molecule has 0 saturated carbocycles. The summed E-state index contributed by atoms with van der Waals surface area (Å²) in [5.41, 5.74) is 1.36. The normalized spacial score (nSPS) is 15.1. The van der Waals surface area contributed by atoms with Gasteiger partial charge < -0.3 is 9.80 Å². The van der Waals surface area contributed by atoms with E-state index in [9.17, 15) is 18.0 Å². The molecule has 0 spiro atoms. The molecular formula is C21H17F3N6O. The van der Waals surface area contributed by atoms with E-state index in [2.05, 4.69) is 20.2 Å². The summed E-state index contributed by atoms with van der Waals surface area (Å²) in [7, 11) is 0. The maximum atomic E-state index is 13.3. The summed E-state index contributed by atoms with van der Waals surface area (Å²) in [4.78, 5) is 23.9. The molecule has 4 aromatic rings. The average Bonchev–Trinajstić information content (AvgIpc) is 3.21. The van der Waals surface area contributed by atoms with E-state index in [1.807, 2.05) is 24.3 Å².